The molecule has 0 saturated heterocycles. The average molecular weight is 435 g/mol. The van der Waals surface area contributed by atoms with Crippen molar-refractivity contribution in [3.05, 3.63) is 49.8 Å². The van der Waals surface area contributed by atoms with Crippen LogP contribution in [-0.4, -0.2) is 13.4 Å². The normalized spacial score (nSPS) is 10.3. The predicted octanol–water partition coefficient (Wildman–Crippen LogP) is 4.68. The van der Waals surface area contributed by atoms with Crippen LogP contribution in [0.25, 0.3) is 11.1 Å². The van der Waals surface area contributed by atoms with Crippen molar-refractivity contribution in [3.63, 3.8) is 0 Å². The Morgan fingerprint density at radius 1 is 1.26 bits per heavy atom. The Bertz CT molecular complexity index is 644. The zero-order valence-corrected chi connectivity index (χ0v) is 13.7. The van der Waals surface area contributed by atoms with E-state index < -0.39 is 0 Å². The number of hydrogen-bond donors (Lipinski definition) is 0. The van der Waals surface area contributed by atoms with Crippen LogP contribution in [0.3, 0.4) is 0 Å². The van der Waals surface area contributed by atoms with E-state index in [1.807, 2.05) is 6.07 Å². The van der Waals surface area contributed by atoms with E-state index in [9.17, 15) is 9.18 Å². The van der Waals surface area contributed by atoms with Gasteiger partial charge in [0, 0.05) is 10.0 Å². The summed E-state index contributed by atoms with van der Waals surface area (Å²) in [6.45, 7) is 0. The van der Waals surface area contributed by atoms with Crippen LogP contribution in [0.15, 0.2) is 34.8 Å². The first-order valence-electron chi connectivity index (χ1n) is 5.35. The number of aldehydes is 1. The fourth-order valence-corrected chi connectivity index (χ4v) is 2.91. The van der Waals surface area contributed by atoms with Crippen molar-refractivity contribution < 1.29 is 13.9 Å². The number of carbonyl (C=O) groups excluding carboxylic acids is 1. The minimum absolute atomic E-state index is 0.346. The SMILES string of the molecule is COc1cc(C=O)c(-c2cc(F)ccc2Br)cc1I. The lowest BCUT2D eigenvalue weighted by Crippen LogP contribution is -1.95. The molecule has 2 rings (SSSR count). The van der Waals surface area contributed by atoms with Crippen molar-refractivity contribution in [1.29, 1.82) is 0 Å². The lowest BCUT2D eigenvalue weighted by atomic mass is 10.00. The van der Waals surface area contributed by atoms with E-state index in [1.54, 1.807) is 19.2 Å². The van der Waals surface area contributed by atoms with Crippen LogP contribution in [-0.2, 0) is 0 Å². The summed E-state index contributed by atoms with van der Waals surface area (Å²) in [6, 6.07) is 7.85. The van der Waals surface area contributed by atoms with Crippen molar-refractivity contribution in [2.75, 3.05) is 7.11 Å². The third-order valence-corrected chi connectivity index (χ3v) is 4.20. The van der Waals surface area contributed by atoms with Crippen molar-refractivity contribution >= 4 is 44.8 Å². The Morgan fingerprint density at radius 3 is 2.63 bits per heavy atom. The Balaban J connectivity index is 2.71. The van der Waals surface area contributed by atoms with Gasteiger partial charge in [0.2, 0.25) is 0 Å². The number of carbonyl (C=O) groups is 1. The topological polar surface area (TPSA) is 26.3 Å². The Kier molecular flexibility index (Phi) is 4.57. The number of hydrogen-bond acceptors (Lipinski definition) is 2. The molecule has 0 fully saturated rings. The fourth-order valence-electron chi connectivity index (χ4n) is 1.76. The van der Waals surface area contributed by atoms with E-state index in [2.05, 4.69) is 38.5 Å². The van der Waals surface area contributed by atoms with Gasteiger partial charge in [0.25, 0.3) is 0 Å². The van der Waals surface area contributed by atoms with Gasteiger partial charge in [0.1, 0.15) is 11.6 Å². The van der Waals surface area contributed by atoms with Crippen molar-refractivity contribution in [3.8, 4) is 16.9 Å². The van der Waals surface area contributed by atoms with Gasteiger partial charge in [-0.2, -0.15) is 0 Å². The van der Waals surface area contributed by atoms with E-state index in [1.165, 1.54) is 12.1 Å². The van der Waals surface area contributed by atoms with Gasteiger partial charge in [-0.1, -0.05) is 15.9 Å². The lowest BCUT2D eigenvalue weighted by Gasteiger charge is -2.11. The fraction of sp³-hybridized carbons (Fsp3) is 0.0714. The molecule has 0 radical (unpaired) electrons. The third kappa shape index (κ3) is 2.97. The second-order valence-electron chi connectivity index (χ2n) is 3.82. The molecule has 0 aliphatic heterocycles. The molecule has 0 saturated carbocycles. The second-order valence-corrected chi connectivity index (χ2v) is 5.83. The van der Waals surface area contributed by atoms with Gasteiger partial charge in [0.15, 0.2) is 6.29 Å². The predicted molar refractivity (Wildman–Crippen MR) is 84.2 cm³/mol. The van der Waals surface area contributed by atoms with Gasteiger partial charge < -0.3 is 4.74 Å². The summed E-state index contributed by atoms with van der Waals surface area (Å²) in [5.74, 6) is 0.278. The minimum atomic E-state index is -0.346. The Labute approximate surface area is 132 Å². The van der Waals surface area contributed by atoms with Gasteiger partial charge in [0.05, 0.1) is 10.7 Å². The van der Waals surface area contributed by atoms with E-state index in [0.717, 1.165) is 14.3 Å². The first kappa shape index (κ1) is 14.5. The summed E-state index contributed by atoms with van der Waals surface area (Å²) in [7, 11) is 1.55. The summed E-state index contributed by atoms with van der Waals surface area (Å²) < 4.78 is 20.2. The van der Waals surface area contributed by atoms with Crippen molar-refractivity contribution in [2.24, 2.45) is 0 Å². The molecular formula is C14H9BrFIO2. The molecule has 0 aliphatic rings. The average Bonchev–Trinajstić information content (AvgIpc) is 2.41. The third-order valence-electron chi connectivity index (χ3n) is 2.67. The van der Waals surface area contributed by atoms with Crippen LogP contribution in [0.4, 0.5) is 4.39 Å². The molecular weight excluding hydrogens is 426 g/mol. The Hall–Kier alpha value is -0.950. The van der Waals surface area contributed by atoms with E-state index >= 15 is 0 Å². The molecule has 5 heteroatoms. The van der Waals surface area contributed by atoms with Crippen LogP contribution in [0.2, 0.25) is 0 Å². The number of benzene rings is 2. The molecule has 0 heterocycles. The molecule has 19 heavy (non-hydrogen) atoms. The van der Waals surface area contributed by atoms with Crippen LogP contribution >= 0.6 is 38.5 Å². The van der Waals surface area contributed by atoms with Crippen LogP contribution in [0.1, 0.15) is 10.4 Å². The molecule has 0 spiro atoms. The van der Waals surface area contributed by atoms with E-state index in [-0.39, 0.29) is 5.82 Å². The number of halogens is 3. The highest BCUT2D eigenvalue weighted by Gasteiger charge is 2.13. The summed E-state index contributed by atoms with van der Waals surface area (Å²) >= 11 is 5.49. The van der Waals surface area contributed by atoms with Crippen LogP contribution in [0.5, 0.6) is 5.75 Å². The summed E-state index contributed by atoms with van der Waals surface area (Å²) in [4.78, 5) is 11.2. The molecule has 2 aromatic carbocycles. The summed E-state index contributed by atoms with van der Waals surface area (Å²) in [5, 5.41) is 0. The van der Waals surface area contributed by atoms with E-state index in [4.69, 9.17) is 4.74 Å². The molecule has 0 unspecified atom stereocenters. The summed E-state index contributed by atoms with van der Waals surface area (Å²) in [5.41, 5.74) is 1.78. The maximum absolute atomic E-state index is 13.4. The van der Waals surface area contributed by atoms with Gasteiger partial charge in [-0.25, -0.2) is 4.39 Å². The summed E-state index contributed by atoms with van der Waals surface area (Å²) in [6.07, 6.45) is 0.741. The van der Waals surface area contributed by atoms with Gasteiger partial charge >= 0.3 is 0 Å². The lowest BCUT2D eigenvalue weighted by molar-refractivity contribution is 0.112. The van der Waals surface area contributed by atoms with E-state index in [0.29, 0.717) is 22.4 Å². The molecule has 0 bridgehead atoms. The zero-order chi connectivity index (χ0) is 14.0. The van der Waals surface area contributed by atoms with Crippen LogP contribution < -0.4 is 4.74 Å². The first-order chi connectivity index (χ1) is 9.06. The van der Waals surface area contributed by atoms with Gasteiger partial charge in [-0.05, 0) is 64.0 Å². The van der Waals surface area contributed by atoms with Crippen molar-refractivity contribution in [2.45, 2.75) is 0 Å². The standard InChI is InChI=1S/C14H9BrFIO2/c1-19-14-4-8(7-18)10(6-13(14)17)11-5-9(16)2-3-12(11)15/h2-7H,1H3. The van der Waals surface area contributed by atoms with Crippen LogP contribution in [0, 0.1) is 9.39 Å². The zero-order valence-electron chi connectivity index (χ0n) is 9.91. The highest BCUT2D eigenvalue weighted by atomic mass is 127. The maximum atomic E-state index is 13.4. The maximum Gasteiger partial charge on any atom is 0.150 e. The highest BCUT2D eigenvalue weighted by Crippen LogP contribution is 2.35. The number of ether oxygens (including phenoxy) is 1. The molecule has 2 nitrogen and oxygen atoms in total. The second kappa shape index (κ2) is 6.00. The molecule has 0 atom stereocenters. The Morgan fingerprint density at radius 2 is 2.00 bits per heavy atom. The molecule has 0 aliphatic carbocycles. The number of rotatable bonds is 3. The molecule has 98 valence electrons. The smallest absolute Gasteiger partial charge is 0.150 e. The molecule has 0 amide bonds. The van der Waals surface area contributed by atoms with Gasteiger partial charge in [-0.15, -0.1) is 0 Å². The molecule has 0 aromatic heterocycles. The quantitative estimate of drug-likeness (QED) is 0.517. The first-order valence-corrected chi connectivity index (χ1v) is 7.22. The molecule has 2 aromatic rings. The highest BCUT2D eigenvalue weighted by molar-refractivity contribution is 14.1. The van der Waals surface area contributed by atoms with Crippen molar-refractivity contribution in [1.82, 2.24) is 0 Å². The largest absolute Gasteiger partial charge is 0.496 e. The number of methoxy groups -OCH3 is 1. The molecule has 0 N–H and O–H groups in total. The van der Waals surface area contributed by atoms with Gasteiger partial charge in [-0.3, -0.25) is 4.79 Å². The monoisotopic (exact) mass is 434 g/mol. The minimum Gasteiger partial charge on any atom is -0.496 e.